The maximum atomic E-state index is 12.6. The third-order valence-corrected chi connectivity index (χ3v) is 6.49. The van der Waals surface area contributed by atoms with E-state index >= 15 is 0 Å². The number of carbonyl (C=O) groups excluding carboxylic acids is 1. The molecule has 0 aliphatic rings. The minimum atomic E-state index is -0.472. The second-order valence-corrected chi connectivity index (χ2v) is 9.40. The number of hydrogen-bond donors (Lipinski definition) is 2. The first-order valence-corrected chi connectivity index (χ1v) is 12.3. The summed E-state index contributed by atoms with van der Waals surface area (Å²) in [6, 6.07) is 19.9. The Hall–Kier alpha value is -3.89. The van der Waals surface area contributed by atoms with Gasteiger partial charge in [-0.05, 0) is 56.3 Å². The summed E-state index contributed by atoms with van der Waals surface area (Å²) in [4.78, 5) is 23.3. The van der Waals surface area contributed by atoms with Gasteiger partial charge in [-0.25, -0.2) is 0 Å². The van der Waals surface area contributed by atoms with Crippen LogP contribution in [-0.2, 0) is 11.3 Å². The van der Waals surface area contributed by atoms with Crippen molar-refractivity contribution < 1.29 is 9.72 Å². The Bertz CT molecular complexity index is 1390. The van der Waals surface area contributed by atoms with Gasteiger partial charge in [0, 0.05) is 33.7 Å². The van der Waals surface area contributed by atoms with E-state index in [1.807, 2.05) is 47.9 Å². The van der Waals surface area contributed by atoms with E-state index in [0.717, 1.165) is 11.4 Å². The maximum Gasteiger partial charge on any atom is 0.274 e. The van der Waals surface area contributed by atoms with Crippen molar-refractivity contribution in [1.29, 1.82) is 0 Å². The molecule has 4 rings (SSSR count). The van der Waals surface area contributed by atoms with Crippen LogP contribution in [0.2, 0.25) is 5.02 Å². The molecule has 0 bridgehead atoms. The number of amides is 1. The third kappa shape index (κ3) is 6.21. The molecular weight excluding hydrogens is 500 g/mol. The lowest BCUT2D eigenvalue weighted by Gasteiger charge is -2.12. The summed E-state index contributed by atoms with van der Waals surface area (Å²) in [6.07, 6.45) is 0. The van der Waals surface area contributed by atoms with Gasteiger partial charge in [0.15, 0.2) is 11.0 Å². The van der Waals surface area contributed by atoms with Gasteiger partial charge in [-0.2, -0.15) is 0 Å². The first kappa shape index (κ1) is 25.2. The predicted molar refractivity (Wildman–Crippen MR) is 142 cm³/mol. The number of halogens is 1. The molecule has 0 saturated heterocycles. The maximum absolute atomic E-state index is 12.6. The Morgan fingerprint density at radius 1 is 1.03 bits per heavy atom. The van der Waals surface area contributed by atoms with E-state index in [0.29, 0.717) is 33.8 Å². The summed E-state index contributed by atoms with van der Waals surface area (Å²) >= 11 is 7.29. The van der Waals surface area contributed by atoms with Crippen molar-refractivity contribution in [3.8, 4) is 5.69 Å². The number of nitro benzene ring substituents is 1. The van der Waals surface area contributed by atoms with Crippen molar-refractivity contribution in [3.05, 3.63) is 98.8 Å². The van der Waals surface area contributed by atoms with Gasteiger partial charge in [-0.3, -0.25) is 19.5 Å². The number of nitrogens with one attached hydrogen (secondary N) is 2. The summed E-state index contributed by atoms with van der Waals surface area (Å²) in [5, 5.41) is 27.0. The third-order valence-electron chi connectivity index (χ3n) is 5.31. The van der Waals surface area contributed by atoms with Crippen LogP contribution in [0.25, 0.3) is 5.69 Å². The van der Waals surface area contributed by atoms with Crippen molar-refractivity contribution in [2.45, 2.75) is 25.5 Å². The standard InChI is InChI=1S/C25H23ClN6O3S/c1-16-3-8-19(9-4-16)27-14-23-29-30-25(31(23)21-11-6-18(26)7-12-21)36-15-24(33)28-20-10-5-17(2)22(13-20)32(34)35/h3-13,27H,14-15H2,1-2H3,(H,28,33). The molecular formula is C25H23ClN6O3S. The number of nitrogens with zero attached hydrogens (tertiary/aromatic N) is 4. The molecule has 0 radical (unpaired) electrons. The van der Waals surface area contributed by atoms with Crippen LogP contribution < -0.4 is 10.6 Å². The minimum Gasteiger partial charge on any atom is -0.378 e. The first-order chi connectivity index (χ1) is 17.3. The molecule has 0 unspecified atom stereocenters. The normalized spacial score (nSPS) is 10.8. The van der Waals surface area contributed by atoms with Crippen molar-refractivity contribution in [3.63, 3.8) is 0 Å². The monoisotopic (exact) mass is 522 g/mol. The average molecular weight is 523 g/mol. The molecule has 0 saturated carbocycles. The number of rotatable bonds is 9. The summed E-state index contributed by atoms with van der Waals surface area (Å²) in [7, 11) is 0. The van der Waals surface area contributed by atoms with Crippen molar-refractivity contribution in [2.75, 3.05) is 16.4 Å². The molecule has 1 heterocycles. The molecule has 2 N–H and O–H groups in total. The van der Waals surface area contributed by atoms with Gasteiger partial charge >= 0.3 is 0 Å². The second-order valence-electron chi connectivity index (χ2n) is 8.03. The highest BCUT2D eigenvalue weighted by atomic mass is 35.5. The minimum absolute atomic E-state index is 0.0405. The number of aryl methyl sites for hydroxylation is 2. The molecule has 11 heteroatoms. The van der Waals surface area contributed by atoms with Crippen molar-refractivity contribution >= 4 is 46.3 Å². The van der Waals surface area contributed by atoms with E-state index in [1.54, 1.807) is 31.2 Å². The molecule has 0 spiro atoms. The zero-order chi connectivity index (χ0) is 25.7. The molecule has 4 aromatic rings. The Morgan fingerprint density at radius 2 is 1.72 bits per heavy atom. The van der Waals surface area contributed by atoms with Crippen LogP contribution in [0.4, 0.5) is 17.1 Å². The van der Waals surface area contributed by atoms with Crippen LogP contribution in [0.3, 0.4) is 0 Å². The molecule has 9 nitrogen and oxygen atoms in total. The van der Waals surface area contributed by atoms with E-state index in [-0.39, 0.29) is 17.3 Å². The van der Waals surface area contributed by atoms with Gasteiger partial charge in [-0.1, -0.05) is 47.1 Å². The molecule has 184 valence electrons. The number of nitro groups is 1. The number of thioether (sulfide) groups is 1. The SMILES string of the molecule is Cc1ccc(NCc2nnc(SCC(=O)Nc3ccc(C)c([N+](=O)[O-])c3)n2-c2ccc(Cl)cc2)cc1. The number of benzene rings is 3. The lowest BCUT2D eigenvalue weighted by molar-refractivity contribution is -0.385. The Balaban J connectivity index is 1.50. The summed E-state index contributed by atoms with van der Waals surface area (Å²) in [6.45, 7) is 4.09. The number of aromatic nitrogens is 3. The smallest absolute Gasteiger partial charge is 0.274 e. The fourth-order valence-corrected chi connectivity index (χ4v) is 4.32. The van der Waals surface area contributed by atoms with Gasteiger partial charge in [0.2, 0.25) is 5.91 Å². The van der Waals surface area contributed by atoms with E-state index < -0.39 is 4.92 Å². The number of carbonyl (C=O) groups is 1. The zero-order valence-corrected chi connectivity index (χ0v) is 21.1. The Morgan fingerprint density at radius 3 is 2.42 bits per heavy atom. The fourth-order valence-electron chi connectivity index (χ4n) is 3.42. The molecule has 0 aliphatic heterocycles. The molecule has 1 amide bonds. The fraction of sp³-hybridized carbons (Fsp3) is 0.160. The van der Waals surface area contributed by atoms with E-state index in [4.69, 9.17) is 11.6 Å². The van der Waals surface area contributed by atoms with Crippen LogP contribution in [0, 0.1) is 24.0 Å². The van der Waals surface area contributed by atoms with Crippen LogP contribution in [0.15, 0.2) is 71.9 Å². The van der Waals surface area contributed by atoms with Crippen molar-refractivity contribution in [2.24, 2.45) is 0 Å². The molecule has 0 fully saturated rings. The van der Waals surface area contributed by atoms with Gasteiger partial charge < -0.3 is 10.6 Å². The summed E-state index contributed by atoms with van der Waals surface area (Å²) in [5.74, 6) is 0.386. The summed E-state index contributed by atoms with van der Waals surface area (Å²) in [5.41, 5.74) is 3.76. The van der Waals surface area contributed by atoms with Crippen LogP contribution in [-0.4, -0.2) is 31.3 Å². The van der Waals surface area contributed by atoms with Crippen LogP contribution >= 0.6 is 23.4 Å². The van der Waals surface area contributed by atoms with Gasteiger partial charge in [-0.15, -0.1) is 10.2 Å². The lowest BCUT2D eigenvalue weighted by Crippen LogP contribution is -2.15. The lowest BCUT2D eigenvalue weighted by atomic mass is 10.2. The first-order valence-electron chi connectivity index (χ1n) is 11.0. The Kier molecular flexibility index (Phi) is 7.87. The van der Waals surface area contributed by atoms with E-state index in [2.05, 4.69) is 20.8 Å². The molecule has 36 heavy (non-hydrogen) atoms. The van der Waals surface area contributed by atoms with Gasteiger partial charge in [0.05, 0.1) is 17.2 Å². The largest absolute Gasteiger partial charge is 0.378 e. The topological polar surface area (TPSA) is 115 Å². The van der Waals surface area contributed by atoms with Crippen LogP contribution in [0.5, 0.6) is 0 Å². The average Bonchev–Trinajstić information content (AvgIpc) is 3.26. The second kappa shape index (κ2) is 11.2. The number of anilines is 2. The molecule has 0 atom stereocenters. The van der Waals surface area contributed by atoms with Gasteiger partial charge in [0.25, 0.3) is 5.69 Å². The molecule has 1 aromatic heterocycles. The quantitative estimate of drug-likeness (QED) is 0.162. The Labute approximate surface area is 217 Å². The van der Waals surface area contributed by atoms with E-state index in [1.165, 1.54) is 23.4 Å². The van der Waals surface area contributed by atoms with Crippen molar-refractivity contribution in [1.82, 2.24) is 14.8 Å². The highest BCUT2D eigenvalue weighted by Gasteiger charge is 2.17. The van der Waals surface area contributed by atoms with E-state index in [9.17, 15) is 14.9 Å². The molecule has 3 aromatic carbocycles. The highest BCUT2D eigenvalue weighted by Crippen LogP contribution is 2.26. The molecule has 0 aliphatic carbocycles. The summed E-state index contributed by atoms with van der Waals surface area (Å²) < 4.78 is 1.87. The van der Waals surface area contributed by atoms with Gasteiger partial charge in [0.1, 0.15) is 0 Å². The number of hydrogen-bond acceptors (Lipinski definition) is 7. The van der Waals surface area contributed by atoms with Crippen LogP contribution in [0.1, 0.15) is 17.0 Å². The predicted octanol–water partition coefficient (Wildman–Crippen LogP) is 5.79. The highest BCUT2D eigenvalue weighted by molar-refractivity contribution is 7.99. The zero-order valence-electron chi connectivity index (χ0n) is 19.6.